The maximum atomic E-state index is 12.5. The van der Waals surface area contributed by atoms with E-state index in [-0.39, 0.29) is 11.7 Å². The first-order chi connectivity index (χ1) is 9.52. The molecule has 2 aromatic carbocycles. The first kappa shape index (κ1) is 13.7. The second-order valence-electron chi connectivity index (χ2n) is 4.34. The van der Waals surface area contributed by atoms with E-state index in [0.717, 1.165) is 0 Å². The predicted octanol–water partition coefficient (Wildman–Crippen LogP) is 2.26. The van der Waals surface area contributed by atoms with Gasteiger partial charge in [-0.3, -0.25) is 4.79 Å². The second kappa shape index (κ2) is 5.52. The van der Waals surface area contributed by atoms with Crippen LogP contribution in [0.25, 0.3) is 0 Å². The Hall–Kier alpha value is -2.69. The minimum atomic E-state index is -0.264. The fourth-order valence-corrected chi connectivity index (χ4v) is 1.89. The molecule has 0 saturated heterocycles. The van der Waals surface area contributed by atoms with Crippen LogP contribution in [0.2, 0.25) is 0 Å². The maximum absolute atomic E-state index is 12.5. The lowest BCUT2D eigenvalue weighted by molar-refractivity contribution is 0.0990. The summed E-state index contributed by atoms with van der Waals surface area (Å²) in [6.07, 6.45) is 0. The van der Waals surface area contributed by atoms with E-state index in [1.54, 1.807) is 43.4 Å². The fraction of sp³-hybridized carbons (Fsp3) is 0.133. The lowest BCUT2D eigenvalue weighted by Gasteiger charge is -2.19. The molecular formula is C15H16N2O3. The molecule has 20 heavy (non-hydrogen) atoms. The lowest BCUT2D eigenvalue weighted by Crippen LogP contribution is -2.26. The number of nitrogens with zero attached hydrogens (tertiary/aromatic N) is 1. The molecule has 0 aliphatic carbocycles. The van der Waals surface area contributed by atoms with Crippen LogP contribution in [-0.2, 0) is 0 Å². The number of carbonyl (C=O) groups excluding carboxylic acids is 1. The molecule has 3 N–H and O–H groups in total. The normalized spacial score (nSPS) is 10.1. The summed E-state index contributed by atoms with van der Waals surface area (Å²) in [6, 6.07) is 11.4. The van der Waals surface area contributed by atoms with Gasteiger partial charge in [0, 0.05) is 24.5 Å². The molecule has 2 aromatic rings. The average Bonchev–Trinajstić information content (AvgIpc) is 2.45. The Morgan fingerprint density at radius 2 is 2.00 bits per heavy atom. The molecule has 0 radical (unpaired) electrons. The molecule has 0 aliphatic rings. The highest BCUT2D eigenvalue weighted by molar-refractivity contribution is 6.08. The maximum Gasteiger partial charge on any atom is 0.261 e. The molecule has 0 aliphatic heterocycles. The van der Waals surface area contributed by atoms with Crippen molar-refractivity contribution in [2.24, 2.45) is 0 Å². The molecule has 0 spiro atoms. The topological polar surface area (TPSA) is 75.8 Å². The van der Waals surface area contributed by atoms with Gasteiger partial charge in [0.1, 0.15) is 11.5 Å². The highest BCUT2D eigenvalue weighted by Crippen LogP contribution is 2.26. The van der Waals surface area contributed by atoms with Crippen LogP contribution in [0.5, 0.6) is 11.5 Å². The van der Waals surface area contributed by atoms with Gasteiger partial charge >= 0.3 is 0 Å². The van der Waals surface area contributed by atoms with E-state index in [0.29, 0.717) is 22.7 Å². The zero-order chi connectivity index (χ0) is 14.7. The third-order valence-electron chi connectivity index (χ3n) is 2.98. The van der Waals surface area contributed by atoms with Gasteiger partial charge in [-0.25, -0.2) is 0 Å². The van der Waals surface area contributed by atoms with Crippen molar-refractivity contribution >= 4 is 17.3 Å². The number of methoxy groups -OCH3 is 1. The SMILES string of the molecule is COc1ccc(N)cc1C(=O)N(C)c1cccc(O)c1. The lowest BCUT2D eigenvalue weighted by atomic mass is 10.1. The molecule has 5 heteroatoms. The van der Waals surface area contributed by atoms with Gasteiger partial charge in [-0.1, -0.05) is 6.07 Å². The van der Waals surface area contributed by atoms with Crippen molar-refractivity contribution in [2.45, 2.75) is 0 Å². The molecule has 0 heterocycles. The van der Waals surface area contributed by atoms with E-state index in [4.69, 9.17) is 10.5 Å². The number of hydrogen-bond donors (Lipinski definition) is 2. The van der Waals surface area contributed by atoms with Crippen LogP contribution in [0.4, 0.5) is 11.4 Å². The van der Waals surface area contributed by atoms with Crippen LogP contribution >= 0.6 is 0 Å². The van der Waals surface area contributed by atoms with Gasteiger partial charge in [-0.05, 0) is 30.3 Å². The summed E-state index contributed by atoms with van der Waals surface area (Å²) in [4.78, 5) is 13.9. The van der Waals surface area contributed by atoms with Crippen molar-refractivity contribution in [1.82, 2.24) is 0 Å². The molecule has 0 atom stereocenters. The van der Waals surface area contributed by atoms with E-state index >= 15 is 0 Å². The number of nitrogens with two attached hydrogens (primary N) is 1. The Labute approximate surface area is 117 Å². The number of ether oxygens (including phenoxy) is 1. The summed E-state index contributed by atoms with van der Waals surface area (Å²) < 4.78 is 5.18. The average molecular weight is 272 g/mol. The number of anilines is 2. The number of amides is 1. The molecule has 0 saturated carbocycles. The summed E-state index contributed by atoms with van der Waals surface area (Å²) in [5.41, 5.74) is 7.16. The van der Waals surface area contributed by atoms with E-state index in [9.17, 15) is 9.90 Å². The number of nitrogen functional groups attached to an aromatic ring is 1. The van der Waals surface area contributed by atoms with Crippen LogP contribution in [-0.4, -0.2) is 25.2 Å². The first-order valence-electron chi connectivity index (χ1n) is 6.03. The van der Waals surface area contributed by atoms with E-state index in [1.165, 1.54) is 18.1 Å². The minimum absolute atomic E-state index is 0.0988. The second-order valence-corrected chi connectivity index (χ2v) is 4.34. The van der Waals surface area contributed by atoms with E-state index in [1.807, 2.05) is 0 Å². The van der Waals surface area contributed by atoms with Crippen molar-refractivity contribution in [2.75, 3.05) is 24.8 Å². The Balaban J connectivity index is 2.38. The number of phenols is 1. The van der Waals surface area contributed by atoms with Crippen LogP contribution in [0, 0.1) is 0 Å². The van der Waals surface area contributed by atoms with Crippen molar-refractivity contribution in [3.63, 3.8) is 0 Å². The Morgan fingerprint density at radius 1 is 1.25 bits per heavy atom. The summed E-state index contributed by atoms with van der Waals surface area (Å²) >= 11 is 0. The molecule has 5 nitrogen and oxygen atoms in total. The molecule has 2 rings (SSSR count). The zero-order valence-electron chi connectivity index (χ0n) is 11.3. The summed E-state index contributed by atoms with van der Waals surface area (Å²) in [6.45, 7) is 0. The van der Waals surface area contributed by atoms with Crippen molar-refractivity contribution in [3.05, 3.63) is 48.0 Å². The third-order valence-corrected chi connectivity index (χ3v) is 2.98. The summed E-state index contributed by atoms with van der Waals surface area (Å²) in [5.74, 6) is 0.289. The highest BCUT2D eigenvalue weighted by Gasteiger charge is 2.18. The number of aromatic hydroxyl groups is 1. The Morgan fingerprint density at radius 3 is 2.65 bits per heavy atom. The zero-order valence-corrected chi connectivity index (χ0v) is 11.3. The van der Waals surface area contributed by atoms with Gasteiger partial charge in [-0.2, -0.15) is 0 Å². The molecule has 104 valence electrons. The third kappa shape index (κ3) is 2.66. The Kier molecular flexibility index (Phi) is 3.79. The smallest absolute Gasteiger partial charge is 0.261 e. The molecule has 0 aromatic heterocycles. The fourth-order valence-electron chi connectivity index (χ4n) is 1.89. The van der Waals surface area contributed by atoms with Crippen molar-refractivity contribution in [1.29, 1.82) is 0 Å². The number of carbonyl (C=O) groups is 1. The van der Waals surface area contributed by atoms with Gasteiger partial charge < -0.3 is 20.5 Å². The van der Waals surface area contributed by atoms with Gasteiger partial charge in [-0.15, -0.1) is 0 Å². The van der Waals surface area contributed by atoms with E-state index < -0.39 is 0 Å². The molecular weight excluding hydrogens is 256 g/mol. The molecule has 1 amide bonds. The predicted molar refractivity (Wildman–Crippen MR) is 78.2 cm³/mol. The molecule has 0 fully saturated rings. The monoisotopic (exact) mass is 272 g/mol. The number of benzene rings is 2. The van der Waals surface area contributed by atoms with Crippen LogP contribution in [0.1, 0.15) is 10.4 Å². The molecule has 0 unspecified atom stereocenters. The van der Waals surface area contributed by atoms with Gasteiger partial charge in [0.15, 0.2) is 0 Å². The van der Waals surface area contributed by atoms with Crippen molar-refractivity contribution in [3.8, 4) is 11.5 Å². The van der Waals surface area contributed by atoms with Gasteiger partial charge in [0.25, 0.3) is 5.91 Å². The van der Waals surface area contributed by atoms with E-state index in [2.05, 4.69) is 0 Å². The molecule has 0 bridgehead atoms. The number of rotatable bonds is 3. The minimum Gasteiger partial charge on any atom is -0.508 e. The Bertz CT molecular complexity index is 641. The van der Waals surface area contributed by atoms with Gasteiger partial charge in [0.2, 0.25) is 0 Å². The highest BCUT2D eigenvalue weighted by atomic mass is 16.5. The number of hydrogen-bond acceptors (Lipinski definition) is 4. The quantitative estimate of drug-likeness (QED) is 0.840. The standard InChI is InChI=1S/C15H16N2O3/c1-17(11-4-3-5-12(18)9-11)15(19)13-8-10(16)6-7-14(13)20-2/h3-9,18H,16H2,1-2H3. The van der Waals surface area contributed by atoms with Gasteiger partial charge in [0.05, 0.1) is 12.7 Å². The van der Waals surface area contributed by atoms with Crippen LogP contribution < -0.4 is 15.4 Å². The largest absolute Gasteiger partial charge is 0.508 e. The van der Waals surface area contributed by atoms with Crippen molar-refractivity contribution < 1.29 is 14.6 Å². The summed E-state index contributed by atoms with van der Waals surface area (Å²) in [7, 11) is 3.12. The van der Waals surface area contributed by atoms with Crippen LogP contribution in [0.15, 0.2) is 42.5 Å². The summed E-state index contributed by atoms with van der Waals surface area (Å²) in [5, 5.41) is 9.48. The first-order valence-corrected chi connectivity index (χ1v) is 6.03. The number of phenolic OH excluding ortho intramolecular Hbond substituents is 1. The van der Waals surface area contributed by atoms with Crippen LogP contribution in [0.3, 0.4) is 0 Å².